The number of hydrogen-bond acceptors (Lipinski definition) is 3. The number of unbranched alkanes of at least 4 members (excludes halogenated alkanes) is 39. The second-order valence-electron chi connectivity index (χ2n) is 17.2. The minimum absolute atomic E-state index is 0.0608. The predicted molar refractivity (Wildman–Crippen MR) is 239 cm³/mol. The molecule has 0 aromatic carbocycles. The van der Waals surface area contributed by atoms with Crippen LogP contribution in [0.15, 0.2) is 12.2 Å². The summed E-state index contributed by atoms with van der Waals surface area (Å²) in [6.45, 7) is 4.33. The first-order chi connectivity index (χ1) is 26.7. The highest BCUT2D eigenvalue weighted by molar-refractivity contribution is 5.76. The number of amides is 1. The molecule has 0 bridgehead atoms. The average molecular weight is 762 g/mol. The lowest BCUT2D eigenvalue weighted by Crippen LogP contribution is -2.45. The Balaban J connectivity index is 3.42. The quantitative estimate of drug-likeness (QED) is 0.0427. The Hall–Kier alpha value is -0.870. The lowest BCUT2D eigenvalue weighted by atomic mass is 10.0. The highest BCUT2D eigenvalue weighted by Gasteiger charge is 2.18. The number of hydrogen-bond donors (Lipinski definition) is 3. The van der Waals surface area contributed by atoms with Gasteiger partial charge in [0.05, 0.1) is 18.8 Å². The van der Waals surface area contributed by atoms with Gasteiger partial charge in [0.2, 0.25) is 5.91 Å². The Kier molecular flexibility index (Phi) is 45.8. The van der Waals surface area contributed by atoms with Gasteiger partial charge in [-0.3, -0.25) is 4.79 Å². The van der Waals surface area contributed by atoms with Gasteiger partial charge in [0.25, 0.3) is 0 Å². The van der Waals surface area contributed by atoms with Gasteiger partial charge in [-0.2, -0.15) is 0 Å². The average Bonchev–Trinajstić information content (AvgIpc) is 3.18. The summed E-state index contributed by atoms with van der Waals surface area (Å²) >= 11 is 0. The van der Waals surface area contributed by atoms with Gasteiger partial charge < -0.3 is 15.5 Å². The molecule has 2 unspecified atom stereocenters. The number of carbonyl (C=O) groups is 1. The molecule has 1 amide bonds. The first kappa shape index (κ1) is 53.1. The van der Waals surface area contributed by atoms with Crippen molar-refractivity contribution in [2.24, 2.45) is 0 Å². The summed E-state index contributed by atoms with van der Waals surface area (Å²) in [6, 6.07) is -0.616. The molecule has 0 spiro atoms. The molecule has 54 heavy (non-hydrogen) atoms. The molecule has 4 heteroatoms. The molecular weight excluding hydrogens is 663 g/mol. The molecule has 0 rings (SSSR count). The zero-order chi connectivity index (χ0) is 39.3. The van der Waals surface area contributed by atoms with Gasteiger partial charge in [-0.1, -0.05) is 270 Å². The van der Waals surface area contributed by atoms with Crippen LogP contribution in [0.2, 0.25) is 0 Å². The van der Waals surface area contributed by atoms with Crippen LogP contribution in [0.1, 0.15) is 284 Å². The number of allylic oxidation sites excluding steroid dienone is 1. The van der Waals surface area contributed by atoms with Crippen molar-refractivity contribution < 1.29 is 15.0 Å². The fourth-order valence-electron chi connectivity index (χ4n) is 7.95. The second kappa shape index (κ2) is 46.5. The van der Waals surface area contributed by atoms with E-state index in [0.717, 1.165) is 25.7 Å². The third-order valence-electron chi connectivity index (χ3n) is 11.8. The molecule has 0 aromatic rings. The summed E-state index contributed by atoms with van der Waals surface area (Å²) in [5.74, 6) is -0.0608. The van der Waals surface area contributed by atoms with Gasteiger partial charge in [-0.15, -0.1) is 0 Å². The highest BCUT2D eigenvalue weighted by atomic mass is 16.3. The molecule has 0 saturated carbocycles. The van der Waals surface area contributed by atoms with E-state index in [1.807, 2.05) is 6.08 Å². The Morgan fingerprint density at radius 2 is 0.685 bits per heavy atom. The fraction of sp³-hybridized carbons (Fsp3) is 0.940. The minimum atomic E-state index is -0.834. The summed E-state index contributed by atoms with van der Waals surface area (Å²) in [7, 11) is 0. The number of aliphatic hydroxyl groups excluding tert-OH is 2. The molecular formula is C50H99NO3. The summed E-state index contributed by atoms with van der Waals surface area (Å²) < 4.78 is 0. The van der Waals surface area contributed by atoms with E-state index in [0.29, 0.717) is 6.42 Å². The maximum Gasteiger partial charge on any atom is 0.220 e. The molecule has 322 valence electrons. The van der Waals surface area contributed by atoms with Crippen LogP contribution < -0.4 is 5.32 Å². The van der Waals surface area contributed by atoms with Crippen molar-refractivity contribution in [1.29, 1.82) is 0 Å². The summed E-state index contributed by atoms with van der Waals surface area (Å²) in [4.78, 5) is 12.4. The predicted octanol–water partition coefficient (Wildman–Crippen LogP) is 15.8. The van der Waals surface area contributed by atoms with Crippen molar-refractivity contribution in [3.8, 4) is 0 Å². The van der Waals surface area contributed by atoms with E-state index < -0.39 is 12.1 Å². The number of carbonyl (C=O) groups excluding carboxylic acids is 1. The van der Waals surface area contributed by atoms with Gasteiger partial charge >= 0.3 is 0 Å². The van der Waals surface area contributed by atoms with E-state index in [9.17, 15) is 15.0 Å². The second-order valence-corrected chi connectivity index (χ2v) is 17.2. The van der Waals surface area contributed by atoms with Gasteiger partial charge in [0.15, 0.2) is 0 Å². The summed E-state index contributed by atoms with van der Waals surface area (Å²) in [6.07, 6.45) is 59.3. The lowest BCUT2D eigenvalue weighted by Gasteiger charge is -2.20. The van der Waals surface area contributed by atoms with Crippen LogP contribution in [-0.4, -0.2) is 34.9 Å². The zero-order valence-electron chi connectivity index (χ0n) is 37.0. The molecule has 4 nitrogen and oxygen atoms in total. The smallest absolute Gasteiger partial charge is 0.220 e. The van der Waals surface area contributed by atoms with Crippen molar-refractivity contribution in [2.75, 3.05) is 6.61 Å². The minimum Gasteiger partial charge on any atom is -0.394 e. The summed E-state index contributed by atoms with van der Waals surface area (Å²) in [5.41, 5.74) is 0. The number of aliphatic hydroxyl groups is 2. The van der Waals surface area contributed by atoms with Crippen LogP contribution in [0.4, 0.5) is 0 Å². The SMILES string of the molecule is CCCCCCCCCCCCCCCCCCCCCCCCCCCCCC/C=C/C(O)C(CO)NC(=O)CCCCCCCCCCCCCC. The van der Waals surface area contributed by atoms with Crippen LogP contribution >= 0.6 is 0 Å². The molecule has 0 saturated heterocycles. The molecule has 0 heterocycles. The fourth-order valence-corrected chi connectivity index (χ4v) is 7.95. The van der Waals surface area contributed by atoms with Crippen LogP contribution in [0.5, 0.6) is 0 Å². The standard InChI is InChI=1S/C50H99NO3/c1-3-5-7-9-11-13-15-17-18-19-20-21-22-23-24-25-26-27-28-29-30-31-32-33-34-35-37-39-41-43-45-49(53)48(47-52)51-50(54)46-44-42-40-38-36-16-14-12-10-8-6-4-2/h43,45,48-49,52-53H,3-42,44,46-47H2,1-2H3,(H,51,54)/b45-43+. The maximum absolute atomic E-state index is 12.4. The zero-order valence-corrected chi connectivity index (χ0v) is 37.0. The van der Waals surface area contributed by atoms with E-state index in [1.165, 1.54) is 238 Å². The molecule has 0 aromatic heterocycles. The summed E-state index contributed by atoms with van der Waals surface area (Å²) in [5, 5.41) is 23.0. The van der Waals surface area contributed by atoms with Gasteiger partial charge in [0, 0.05) is 6.42 Å². The molecule has 2 atom stereocenters. The highest BCUT2D eigenvalue weighted by Crippen LogP contribution is 2.17. The van der Waals surface area contributed by atoms with Crippen molar-refractivity contribution in [3.63, 3.8) is 0 Å². The van der Waals surface area contributed by atoms with E-state index in [4.69, 9.17) is 0 Å². The first-order valence-electron chi connectivity index (χ1n) is 24.9. The Morgan fingerprint density at radius 1 is 0.426 bits per heavy atom. The Morgan fingerprint density at radius 3 is 0.963 bits per heavy atom. The number of rotatable bonds is 46. The van der Waals surface area contributed by atoms with Gasteiger partial charge in [-0.25, -0.2) is 0 Å². The largest absolute Gasteiger partial charge is 0.394 e. The first-order valence-corrected chi connectivity index (χ1v) is 24.9. The van der Waals surface area contributed by atoms with E-state index in [2.05, 4.69) is 19.2 Å². The topological polar surface area (TPSA) is 69.6 Å². The van der Waals surface area contributed by atoms with E-state index in [1.54, 1.807) is 6.08 Å². The molecule has 0 fully saturated rings. The van der Waals surface area contributed by atoms with Gasteiger partial charge in [-0.05, 0) is 19.3 Å². The molecule has 3 N–H and O–H groups in total. The van der Waals surface area contributed by atoms with Crippen molar-refractivity contribution in [1.82, 2.24) is 5.32 Å². The molecule has 0 aliphatic carbocycles. The maximum atomic E-state index is 12.4. The van der Waals surface area contributed by atoms with Crippen LogP contribution in [0.3, 0.4) is 0 Å². The third kappa shape index (κ3) is 42.3. The Bertz CT molecular complexity index is 739. The van der Waals surface area contributed by atoms with Crippen LogP contribution in [-0.2, 0) is 4.79 Å². The molecule has 0 radical (unpaired) electrons. The van der Waals surface area contributed by atoms with Crippen molar-refractivity contribution in [2.45, 2.75) is 296 Å². The van der Waals surface area contributed by atoms with Gasteiger partial charge in [0.1, 0.15) is 0 Å². The van der Waals surface area contributed by atoms with E-state index >= 15 is 0 Å². The number of nitrogens with one attached hydrogen (secondary N) is 1. The van der Waals surface area contributed by atoms with Crippen molar-refractivity contribution >= 4 is 5.91 Å². The van der Waals surface area contributed by atoms with E-state index in [-0.39, 0.29) is 12.5 Å². The normalized spacial score (nSPS) is 12.9. The monoisotopic (exact) mass is 762 g/mol. The lowest BCUT2D eigenvalue weighted by molar-refractivity contribution is -0.123. The van der Waals surface area contributed by atoms with Crippen molar-refractivity contribution in [3.05, 3.63) is 12.2 Å². The molecule has 0 aliphatic rings. The van der Waals surface area contributed by atoms with Crippen LogP contribution in [0.25, 0.3) is 0 Å². The third-order valence-corrected chi connectivity index (χ3v) is 11.8. The molecule has 0 aliphatic heterocycles. The van der Waals surface area contributed by atoms with Crippen LogP contribution in [0, 0.1) is 0 Å². The Labute approximate surface area is 339 Å².